The molecule has 2 amide bonds. The molecule has 0 saturated heterocycles. The summed E-state index contributed by atoms with van der Waals surface area (Å²) in [6.45, 7) is 6.06. The van der Waals surface area contributed by atoms with Gasteiger partial charge in [0.1, 0.15) is 15.6 Å². The Labute approximate surface area is 180 Å². The third-order valence-electron chi connectivity index (χ3n) is 4.94. The molecule has 4 aromatic rings. The standard InChI is InChI=1S/C21H19FN4O2S2/c1-10-12(3)29-20(17(10)18(23)27)24-19(28)16-8-15-11(2)25-26(21(15)30-16)9-13-4-6-14(22)7-5-13/h4-8H,9H2,1-3H3,(H2,23,27)(H,24,28). The zero-order chi connectivity index (χ0) is 21.6. The van der Waals surface area contributed by atoms with E-state index in [1.54, 1.807) is 18.2 Å². The molecule has 0 saturated carbocycles. The number of nitrogens with two attached hydrogens (primary N) is 1. The Kier molecular flexibility index (Phi) is 5.17. The number of carbonyl (C=O) groups is 2. The molecule has 4 rings (SSSR count). The van der Waals surface area contributed by atoms with Crippen molar-refractivity contribution in [3.05, 3.63) is 68.3 Å². The van der Waals surface area contributed by atoms with Crippen LogP contribution in [0.25, 0.3) is 10.2 Å². The fourth-order valence-electron chi connectivity index (χ4n) is 3.27. The second-order valence-corrected chi connectivity index (χ2v) is 9.26. The molecule has 6 nitrogen and oxygen atoms in total. The Hall–Kier alpha value is -3.04. The van der Waals surface area contributed by atoms with Crippen molar-refractivity contribution in [3.63, 3.8) is 0 Å². The van der Waals surface area contributed by atoms with Crippen LogP contribution in [0.1, 0.15) is 41.7 Å². The summed E-state index contributed by atoms with van der Waals surface area (Å²) in [5, 5.41) is 8.73. The van der Waals surface area contributed by atoms with Crippen LogP contribution in [0.3, 0.4) is 0 Å². The van der Waals surface area contributed by atoms with E-state index in [1.165, 1.54) is 34.8 Å². The molecule has 0 unspecified atom stereocenters. The van der Waals surface area contributed by atoms with Gasteiger partial charge in [-0.2, -0.15) is 5.10 Å². The topological polar surface area (TPSA) is 90.0 Å². The number of hydrogen-bond donors (Lipinski definition) is 2. The predicted octanol–water partition coefficient (Wildman–Crippen LogP) is 4.62. The van der Waals surface area contributed by atoms with Gasteiger partial charge in [0.05, 0.1) is 22.7 Å². The molecule has 154 valence electrons. The molecule has 0 bridgehead atoms. The van der Waals surface area contributed by atoms with Gasteiger partial charge >= 0.3 is 0 Å². The summed E-state index contributed by atoms with van der Waals surface area (Å²) < 4.78 is 15.0. The third kappa shape index (κ3) is 3.61. The molecule has 0 aliphatic rings. The molecule has 0 atom stereocenters. The lowest BCUT2D eigenvalue weighted by atomic mass is 10.1. The van der Waals surface area contributed by atoms with Gasteiger partial charge in [0.2, 0.25) is 0 Å². The van der Waals surface area contributed by atoms with E-state index in [4.69, 9.17) is 5.73 Å². The molecule has 9 heteroatoms. The number of fused-ring (bicyclic) bond motifs is 1. The van der Waals surface area contributed by atoms with Crippen LogP contribution in [0.4, 0.5) is 9.39 Å². The fourth-order valence-corrected chi connectivity index (χ4v) is 5.39. The predicted molar refractivity (Wildman–Crippen MR) is 118 cm³/mol. The van der Waals surface area contributed by atoms with E-state index in [9.17, 15) is 14.0 Å². The van der Waals surface area contributed by atoms with Crippen LogP contribution in [0.5, 0.6) is 0 Å². The van der Waals surface area contributed by atoms with Crippen molar-refractivity contribution in [2.24, 2.45) is 5.73 Å². The van der Waals surface area contributed by atoms with Crippen LogP contribution in [-0.2, 0) is 6.54 Å². The van der Waals surface area contributed by atoms with E-state index in [2.05, 4.69) is 10.4 Å². The van der Waals surface area contributed by atoms with E-state index in [-0.39, 0.29) is 11.7 Å². The number of nitrogens with one attached hydrogen (secondary N) is 1. The van der Waals surface area contributed by atoms with Crippen molar-refractivity contribution in [1.29, 1.82) is 0 Å². The zero-order valence-electron chi connectivity index (χ0n) is 16.6. The van der Waals surface area contributed by atoms with Gasteiger partial charge in [0, 0.05) is 10.3 Å². The highest BCUT2D eigenvalue weighted by molar-refractivity contribution is 7.21. The third-order valence-corrected chi connectivity index (χ3v) is 7.21. The number of hydrogen-bond acceptors (Lipinski definition) is 5. The number of benzene rings is 1. The average Bonchev–Trinajstić information content (AvgIpc) is 3.32. The molecule has 0 spiro atoms. The summed E-state index contributed by atoms with van der Waals surface area (Å²) in [5.74, 6) is -1.15. The van der Waals surface area contributed by atoms with E-state index in [1.807, 2.05) is 25.5 Å². The number of carbonyl (C=O) groups excluding carboxylic acids is 2. The fraction of sp³-hybridized carbons (Fsp3) is 0.190. The first-order valence-electron chi connectivity index (χ1n) is 9.17. The van der Waals surface area contributed by atoms with Crippen LogP contribution in [-0.4, -0.2) is 21.6 Å². The summed E-state index contributed by atoms with van der Waals surface area (Å²) in [6, 6.07) is 8.06. The first-order chi connectivity index (χ1) is 14.2. The minimum atomic E-state index is -0.561. The van der Waals surface area contributed by atoms with Crippen molar-refractivity contribution in [1.82, 2.24) is 9.78 Å². The Balaban J connectivity index is 1.64. The summed E-state index contributed by atoms with van der Waals surface area (Å²) in [5.41, 5.74) is 8.35. The van der Waals surface area contributed by atoms with Gasteiger partial charge < -0.3 is 11.1 Å². The van der Waals surface area contributed by atoms with Crippen LogP contribution in [0.15, 0.2) is 30.3 Å². The highest BCUT2D eigenvalue weighted by atomic mass is 32.1. The Morgan fingerprint density at radius 1 is 1.17 bits per heavy atom. The number of nitrogens with zero attached hydrogens (tertiary/aromatic N) is 2. The molecule has 0 fully saturated rings. The van der Waals surface area contributed by atoms with Gasteiger partial charge in [-0.05, 0) is 50.1 Å². The molecule has 30 heavy (non-hydrogen) atoms. The normalized spacial score (nSPS) is 11.2. The zero-order valence-corrected chi connectivity index (χ0v) is 18.2. The average molecular weight is 443 g/mol. The first kappa shape index (κ1) is 20.2. The first-order valence-corrected chi connectivity index (χ1v) is 10.8. The van der Waals surface area contributed by atoms with Crippen LogP contribution < -0.4 is 11.1 Å². The molecular weight excluding hydrogens is 423 g/mol. The minimum absolute atomic E-state index is 0.287. The number of primary amides is 1. The number of thiophene rings is 2. The molecule has 3 heterocycles. The Morgan fingerprint density at radius 2 is 1.87 bits per heavy atom. The summed E-state index contributed by atoms with van der Waals surface area (Å²) in [6.07, 6.45) is 0. The van der Waals surface area contributed by atoms with Crippen molar-refractivity contribution >= 4 is 49.7 Å². The lowest BCUT2D eigenvalue weighted by molar-refractivity contribution is 0.100. The number of halogens is 1. The molecule has 3 N–H and O–H groups in total. The highest BCUT2D eigenvalue weighted by Crippen LogP contribution is 2.34. The lowest BCUT2D eigenvalue weighted by Crippen LogP contribution is -2.16. The maximum absolute atomic E-state index is 13.2. The van der Waals surface area contributed by atoms with E-state index in [0.29, 0.717) is 22.0 Å². The molecule has 0 radical (unpaired) electrons. The number of amides is 2. The highest BCUT2D eigenvalue weighted by Gasteiger charge is 2.22. The maximum Gasteiger partial charge on any atom is 0.266 e. The summed E-state index contributed by atoms with van der Waals surface area (Å²) >= 11 is 2.66. The van der Waals surface area contributed by atoms with Crippen molar-refractivity contribution in [2.75, 3.05) is 5.32 Å². The van der Waals surface area contributed by atoms with Gasteiger partial charge in [0.25, 0.3) is 11.8 Å². The Bertz CT molecular complexity index is 1280. The number of aromatic nitrogens is 2. The van der Waals surface area contributed by atoms with Crippen molar-refractivity contribution in [3.8, 4) is 0 Å². The second-order valence-electron chi connectivity index (χ2n) is 7.00. The minimum Gasteiger partial charge on any atom is -0.365 e. The largest absolute Gasteiger partial charge is 0.365 e. The van der Waals surface area contributed by atoms with Crippen molar-refractivity contribution < 1.29 is 14.0 Å². The summed E-state index contributed by atoms with van der Waals surface area (Å²) in [4.78, 5) is 27.0. The van der Waals surface area contributed by atoms with Crippen LogP contribution in [0, 0.1) is 26.6 Å². The maximum atomic E-state index is 13.2. The van der Waals surface area contributed by atoms with Gasteiger partial charge in [-0.15, -0.1) is 22.7 Å². The smallest absolute Gasteiger partial charge is 0.266 e. The number of aryl methyl sites for hydroxylation is 2. The molecule has 1 aromatic carbocycles. The quantitative estimate of drug-likeness (QED) is 0.472. The molecule has 0 aliphatic carbocycles. The molecule has 0 aliphatic heterocycles. The van der Waals surface area contributed by atoms with E-state index >= 15 is 0 Å². The summed E-state index contributed by atoms with van der Waals surface area (Å²) in [7, 11) is 0. The second kappa shape index (κ2) is 7.66. The Morgan fingerprint density at radius 3 is 2.53 bits per heavy atom. The van der Waals surface area contributed by atoms with Crippen molar-refractivity contribution in [2.45, 2.75) is 27.3 Å². The number of anilines is 1. The molecule has 3 aromatic heterocycles. The van der Waals surface area contributed by atoms with E-state index in [0.717, 1.165) is 31.9 Å². The van der Waals surface area contributed by atoms with Crippen LogP contribution >= 0.6 is 22.7 Å². The molecular formula is C21H19FN4O2S2. The number of rotatable bonds is 5. The van der Waals surface area contributed by atoms with Gasteiger partial charge in [-0.3, -0.25) is 14.3 Å². The SMILES string of the molecule is Cc1sc(NC(=O)c2cc3c(C)nn(Cc4ccc(F)cc4)c3s2)c(C(N)=O)c1C. The van der Waals surface area contributed by atoms with Gasteiger partial charge in [-0.1, -0.05) is 12.1 Å². The van der Waals surface area contributed by atoms with Crippen LogP contribution in [0.2, 0.25) is 0 Å². The lowest BCUT2D eigenvalue weighted by Gasteiger charge is -2.04. The van der Waals surface area contributed by atoms with E-state index < -0.39 is 5.91 Å². The van der Waals surface area contributed by atoms with Gasteiger partial charge in [0.15, 0.2) is 0 Å². The van der Waals surface area contributed by atoms with Gasteiger partial charge in [-0.25, -0.2) is 4.39 Å². The monoisotopic (exact) mass is 442 g/mol.